The fourth-order valence-corrected chi connectivity index (χ4v) is 4.05. The number of carboxylic acid groups (broad SMARTS) is 1. The molecule has 122 valence electrons. The first-order chi connectivity index (χ1) is 9.70. The number of ether oxygens (including phenoxy) is 1. The Morgan fingerprint density at radius 2 is 2.05 bits per heavy atom. The molecule has 9 heteroatoms. The van der Waals surface area contributed by atoms with E-state index in [1.807, 2.05) is 0 Å². The number of carboxylic acids is 1. The maximum absolute atomic E-state index is 12.6. The number of carbonyl (C=O) groups is 2. The Kier molecular flexibility index (Phi) is 6.11. The summed E-state index contributed by atoms with van der Waals surface area (Å²) in [7, 11) is -2.70. The number of rotatable bonds is 6. The minimum absolute atomic E-state index is 0.0674. The van der Waals surface area contributed by atoms with Crippen molar-refractivity contribution in [2.75, 3.05) is 26.7 Å². The highest BCUT2D eigenvalue weighted by Crippen LogP contribution is 2.22. The molecule has 0 saturated carbocycles. The lowest BCUT2D eigenvalue weighted by Gasteiger charge is -2.35. The van der Waals surface area contributed by atoms with Gasteiger partial charge in [-0.3, -0.25) is 9.59 Å². The molecule has 0 aromatic rings. The van der Waals surface area contributed by atoms with Crippen LogP contribution in [0.1, 0.15) is 26.7 Å². The van der Waals surface area contributed by atoms with E-state index in [2.05, 4.69) is 4.74 Å². The Balaban J connectivity index is 2.94. The minimum atomic E-state index is -3.89. The van der Waals surface area contributed by atoms with Crippen LogP contribution in [0.2, 0.25) is 0 Å². The molecule has 1 heterocycles. The van der Waals surface area contributed by atoms with Gasteiger partial charge in [0.1, 0.15) is 6.54 Å². The summed E-state index contributed by atoms with van der Waals surface area (Å²) in [5.74, 6) is -2.36. The molecule has 0 amide bonds. The Morgan fingerprint density at radius 1 is 1.43 bits per heavy atom. The number of esters is 1. The van der Waals surface area contributed by atoms with Gasteiger partial charge >= 0.3 is 11.9 Å². The van der Waals surface area contributed by atoms with Crippen molar-refractivity contribution >= 4 is 22.1 Å². The number of piperidine rings is 1. The first-order valence-electron chi connectivity index (χ1n) is 6.76. The van der Waals surface area contributed by atoms with Crippen molar-refractivity contribution in [3.8, 4) is 0 Å². The molecule has 0 spiro atoms. The molecule has 1 aliphatic rings. The van der Waals surface area contributed by atoms with E-state index in [0.29, 0.717) is 12.8 Å². The van der Waals surface area contributed by atoms with E-state index in [4.69, 9.17) is 5.11 Å². The van der Waals surface area contributed by atoms with Crippen molar-refractivity contribution in [3.05, 3.63) is 0 Å². The second kappa shape index (κ2) is 7.19. The molecule has 1 unspecified atom stereocenters. The van der Waals surface area contributed by atoms with Gasteiger partial charge in [0.15, 0.2) is 0 Å². The average molecular weight is 322 g/mol. The Hall–Kier alpha value is -1.19. The molecule has 21 heavy (non-hydrogen) atoms. The van der Waals surface area contributed by atoms with Crippen LogP contribution in [0.15, 0.2) is 0 Å². The van der Waals surface area contributed by atoms with Gasteiger partial charge in [0.05, 0.1) is 13.0 Å². The van der Waals surface area contributed by atoms with Gasteiger partial charge in [0, 0.05) is 19.1 Å². The fraction of sp³-hybridized carbons (Fsp3) is 0.833. The number of nitrogens with zero attached hydrogens (tertiary/aromatic N) is 2. The summed E-state index contributed by atoms with van der Waals surface area (Å²) in [6.45, 7) is 3.11. The highest BCUT2D eigenvalue weighted by atomic mass is 32.2. The van der Waals surface area contributed by atoms with Crippen molar-refractivity contribution in [2.45, 2.75) is 32.7 Å². The van der Waals surface area contributed by atoms with Gasteiger partial charge in [-0.1, -0.05) is 0 Å². The van der Waals surface area contributed by atoms with Crippen LogP contribution in [0.4, 0.5) is 0 Å². The van der Waals surface area contributed by atoms with E-state index < -0.39 is 34.1 Å². The SMILES string of the molecule is COC(=O)CN(C(C)C)S(=O)(=O)N1CCCC(C(=O)O)C1. The lowest BCUT2D eigenvalue weighted by molar-refractivity contribution is -0.143. The molecule has 0 bridgehead atoms. The number of methoxy groups -OCH3 is 1. The third kappa shape index (κ3) is 4.39. The van der Waals surface area contributed by atoms with Gasteiger partial charge in [-0.05, 0) is 26.7 Å². The van der Waals surface area contributed by atoms with E-state index in [1.54, 1.807) is 13.8 Å². The summed E-state index contributed by atoms with van der Waals surface area (Å²) in [4.78, 5) is 22.4. The number of aliphatic carboxylic acids is 1. The first kappa shape index (κ1) is 17.9. The quantitative estimate of drug-likeness (QED) is 0.685. The lowest BCUT2D eigenvalue weighted by atomic mass is 10.0. The van der Waals surface area contributed by atoms with E-state index in [0.717, 1.165) is 8.61 Å². The van der Waals surface area contributed by atoms with Crippen molar-refractivity contribution in [1.82, 2.24) is 8.61 Å². The molecule has 0 aromatic heterocycles. The zero-order chi connectivity index (χ0) is 16.2. The van der Waals surface area contributed by atoms with Crippen molar-refractivity contribution < 1.29 is 27.9 Å². The second-order valence-electron chi connectivity index (χ2n) is 5.26. The maximum atomic E-state index is 12.6. The summed E-state index contributed by atoms with van der Waals surface area (Å²) in [6, 6.07) is -0.431. The smallest absolute Gasteiger partial charge is 0.321 e. The molecule has 1 saturated heterocycles. The summed E-state index contributed by atoms with van der Waals surface area (Å²) in [5.41, 5.74) is 0. The lowest BCUT2D eigenvalue weighted by Crippen LogP contribution is -2.52. The predicted octanol–water partition coefficient (Wildman–Crippen LogP) is -0.0888. The molecule has 8 nitrogen and oxygen atoms in total. The molecule has 0 aliphatic carbocycles. The van der Waals surface area contributed by atoms with Gasteiger partial charge in [-0.25, -0.2) is 0 Å². The van der Waals surface area contributed by atoms with Crippen LogP contribution in [0, 0.1) is 5.92 Å². The molecule has 0 radical (unpaired) electrons. The van der Waals surface area contributed by atoms with Gasteiger partial charge in [-0.2, -0.15) is 17.0 Å². The van der Waals surface area contributed by atoms with Crippen LogP contribution in [0.5, 0.6) is 0 Å². The van der Waals surface area contributed by atoms with E-state index in [1.165, 1.54) is 7.11 Å². The van der Waals surface area contributed by atoms with Crippen LogP contribution in [-0.2, 0) is 24.5 Å². The zero-order valence-corrected chi connectivity index (χ0v) is 13.3. The first-order valence-corrected chi connectivity index (χ1v) is 8.16. The highest BCUT2D eigenvalue weighted by molar-refractivity contribution is 7.86. The largest absolute Gasteiger partial charge is 0.481 e. The summed E-state index contributed by atoms with van der Waals surface area (Å²) >= 11 is 0. The maximum Gasteiger partial charge on any atom is 0.321 e. The van der Waals surface area contributed by atoms with Crippen LogP contribution in [0.25, 0.3) is 0 Å². The monoisotopic (exact) mass is 322 g/mol. The van der Waals surface area contributed by atoms with E-state index in [-0.39, 0.29) is 19.6 Å². The third-order valence-electron chi connectivity index (χ3n) is 3.44. The molecule has 1 fully saturated rings. The van der Waals surface area contributed by atoms with Crippen molar-refractivity contribution in [2.24, 2.45) is 5.92 Å². The molecule has 1 aliphatic heterocycles. The minimum Gasteiger partial charge on any atom is -0.481 e. The molecule has 1 rings (SSSR count). The summed E-state index contributed by atoms with van der Waals surface area (Å²) in [6.07, 6.45) is 0.945. The van der Waals surface area contributed by atoms with Crippen molar-refractivity contribution in [1.29, 1.82) is 0 Å². The van der Waals surface area contributed by atoms with Crippen LogP contribution < -0.4 is 0 Å². The van der Waals surface area contributed by atoms with Gasteiger partial charge < -0.3 is 9.84 Å². The normalized spacial score (nSPS) is 20.7. The molecule has 0 aromatic carbocycles. The summed E-state index contributed by atoms with van der Waals surface area (Å²) < 4.78 is 31.9. The highest BCUT2D eigenvalue weighted by Gasteiger charge is 2.37. The fourth-order valence-electron chi connectivity index (χ4n) is 2.22. The number of hydrogen-bond acceptors (Lipinski definition) is 5. The van der Waals surface area contributed by atoms with Gasteiger partial charge in [0.2, 0.25) is 0 Å². The third-order valence-corrected chi connectivity index (χ3v) is 5.57. The van der Waals surface area contributed by atoms with Crippen LogP contribution in [0.3, 0.4) is 0 Å². The molecular formula is C12H22N2O6S. The number of hydrogen-bond donors (Lipinski definition) is 1. The number of carbonyl (C=O) groups excluding carboxylic acids is 1. The zero-order valence-electron chi connectivity index (χ0n) is 12.5. The summed E-state index contributed by atoms with van der Waals surface area (Å²) in [5, 5.41) is 9.04. The van der Waals surface area contributed by atoms with Crippen LogP contribution in [-0.4, -0.2) is 66.9 Å². The van der Waals surface area contributed by atoms with Crippen molar-refractivity contribution in [3.63, 3.8) is 0 Å². The van der Waals surface area contributed by atoms with Gasteiger partial charge in [0.25, 0.3) is 10.2 Å². The molecule has 1 atom stereocenters. The standard InChI is InChI=1S/C12H22N2O6S/c1-9(2)14(8-11(15)20-3)21(18,19)13-6-4-5-10(7-13)12(16)17/h9-10H,4-8H2,1-3H3,(H,16,17). The second-order valence-corrected chi connectivity index (χ2v) is 7.14. The predicted molar refractivity (Wildman–Crippen MR) is 74.7 cm³/mol. The van der Waals surface area contributed by atoms with Gasteiger partial charge in [-0.15, -0.1) is 0 Å². The Morgan fingerprint density at radius 3 is 2.52 bits per heavy atom. The Labute approximate surface area is 124 Å². The van der Waals surface area contributed by atoms with E-state index in [9.17, 15) is 18.0 Å². The van der Waals surface area contributed by atoms with Crippen LogP contribution >= 0.6 is 0 Å². The topological polar surface area (TPSA) is 104 Å². The van der Waals surface area contributed by atoms with E-state index >= 15 is 0 Å². The average Bonchev–Trinajstić information content (AvgIpc) is 2.43. The Bertz CT molecular complexity index is 490. The molecular weight excluding hydrogens is 300 g/mol. The molecule has 1 N–H and O–H groups in total.